The van der Waals surface area contributed by atoms with Crippen LogP contribution in [0.2, 0.25) is 0 Å². The molecule has 62 valence electrons. The van der Waals surface area contributed by atoms with Crippen molar-refractivity contribution >= 4 is 25.8 Å². The Hall–Kier alpha value is 0.540. The molecule has 0 heterocycles. The Bertz CT molecular complexity index is 81.7. The van der Waals surface area contributed by atoms with Crippen molar-refractivity contribution in [2.24, 2.45) is 0 Å². The van der Waals surface area contributed by atoms with Gasteiger partial charge in [-0.1, -0.05) is 0 Å². The summed E-state index contributed by atoms with van der Waals surface area (Å²) in [4.78, 5) is 0. The molecule has 0 spiro atoms. The molecule has 10 heavy (non-hydrogen) atoms. The van der Waals surface area contributed by atoms with E-state index in [0.29, 0.717) is 0 Å². The van der Waals surface area contributed by atoms with Crippen LogP contribution >= 0.6 is 25.8 Å². The highest BCUT2D eigenvalue weighted by Gasteiger charge is 2.17. The van der Waals surface area contributed by atoms with E-state index in [0.717, 1.165) is 0 Å². The minimum Gasteiger partial charge on any atom is -0.394 e. The maximum Gasteiger partial charge on any atom is 0.124 e. The standard InChI is InChI=1S/C4H10O4S2/c5-1-3(6)4(8-10)2-7-9/h3-6,9-10H,1-2H2. The number of rotatable bonds is 5. The highest BCUT2D eigenvalue weighted by molar-refractivity contribution is 7.75. The Morgan fingerprint density at radius 2 is 2.00 bits per heavy atom. The molecule has 2 N–H and O–H groups in total. The lowest BCUT2D eigenvalue weighted by molar-refractivity contribution is -0.00715. The van der Waals surface area contributed by atoms with Crippen LogP contribution in [-0.4, -0.2) is 35.6 Å². The fourth-order valence-electron chi connectivity index (χ4n) is 0.403. The van der Waals surface area contributed by atoms with Gasteiger partial charge in [-0.15, -0.1) is 0 Å². The van der Waals surface area contributed by atoms with Crippen molar-refractivity contribution in [2.45, 2.75) is 12.2 Å². The predicted octanol–water partition coefficient (Wildman–Crippen LogP) is -0.569. The third kappa shape index (κ3) is 3.65. The Balaban J connectivity index is 3.56. The average molecular weight is 186 g/mol. The molecule has 2 atom stereocenters. The Labute approximate surface area is 70.4 Å². The highest BCUT2D eigenvalue weighted by atomic mass is 32.1. The Morgan fingerprint density at radius 3 is 2.30 bits per heavy atom. The molecule has 0 saturated carbocycles. The second-order valence-electron chi connectivity index (χ2n) is 1.69. The summed E-state index contributed by atoms with van der Waals surface area (Å²) < 4.78 is 8.82. The van der Waals surface area contributed by atoms with Crippen LogP contribution in [0.25, 0.3) is 0 Å². The molecule has 6 heteroatoms. The van der Waals surface area contributed by atoms with Gasteiger partial charge >= 0.3 is 0 Å². The average Bonchev–Trinajstić information content (AvgIpc) is 1.99. The first-order valence-electron chi connectivity index (χ1n) is 2.61. The zero-order valence-electron chi connectivity index (χ0n) is 5.17. The van der Waals surface area contributed by atoms with Crippen molar-refractivity contribution in [2.75, 3.05) is 13.2 Å². The predicted molar refractivity (Wildman–Crippen MR) is 41.9 cm³/mol. The molecule has 0 amide bonds. The first kappa shape index (κ1) is 10.5. The van der Waals surface area contributed by atoms with Crippen molar-refractivity contribution in [3.8, 4) is 0 Å². The van der Waals surface area contributed by atoms with Gasteiger partial charge in [-0.2, -0.15) is 0 Å². The second kappa shape index (κ2) is 6.26. The van der Waals surface area contributed by atoms with Crippen molar-refractivity contribution in [3.63, 3.8) is 0 Å². The molecular weight excluding hydrogens is 176 g/mol. The van der Waals surface area contributed by atoms with E-state index < -0.39 is 12.2 Å². The molecule has 0 radical (unpaired) electrons. The minimum atomic E-state index is -0.982. The number of hydrogen-bond donors (Lipinski definition) is 4. The van der Waals surface area contributed by atoms with Gasteiger partial charge in [0.2, 0.25) is 0 Å². The van der Waals surface area contributed by atoms with Gasteiger partial charge in [-0.25, -0.2) is 0 Å². The summed E-state index contributed by atoms with van der Waals surface area (Å²) in [5.74, 6) is 0. The largest absolute Gasteiger partial charge is 0.394 e. The lowest BCUT2D eigenvalue weighted by Gasteiger charge is -2.16. The van der Waals surface area contributed by atoms with Crippen LogP contribution in [0.15, 0.2) is 0 Å². The van der Waals surface area contributed by atoms with E-state index in [-0.39, 0.29) is 13.2 Å². The zero-order valence-corrected chi connectivity index (χ0v) is 6.96. The quantitative estimate of drug-likeness (QED) is 0.343. The third-order valence-corrected chi connectivity index (χ3v) is 1.41. The fraction of sp³-hybridized carbons (Fsp3) is 1.00. The molecule has 2 unspecified atom stereocenters. The SMILES string of the molecule is OCC(O)C(COS)OS. The van der Waals surface area contributed by atoms with Crippen LogP contribution in [0.4, 0.5) is 0 Å². The molecule has 0 aliphatic heterocycles. The van der Waals surface area contributed by atoms with Gasteiger partial charge in [0.1, 0.15) is 12.2 Å². The minimum absolute atomic E-state index is 0.0777. The van der Waals surface area contributed by atoms with E-state index in [1.165, 1.54) is 0 Å². The summed E-state index contributed by atoms with van der Waals surface area (Å²) in [6.07, 6.45) is -1.63. The summed E-state index contributed by atoms with van der Waals surface area (Å²) in [5, 5.41) is 17.3. The van der Waals surface area contributed by atoms with Gasteiger partial charge in [-0.3, -0.25) is 0 Å². The monoisotopic (exact) mass is 186 g/mol. The summed E-state index contributed by atoms with van der Waals surface area (Å²) in [5.41, 5.74) is 0. The smallest absolute Gasteiger partial charge is 0.124 e. The van der Waals surface area contributed by atoms with Crippen molar-refractivity contribution in [1.82, 2.24) is 0 Å². The van der Waals surface area contributed by atoms with Crippen LogP contribution in [0.5, 0.6) is 0 Å². The molecular formula is C4H10O4S2. The first-order valence-corrected chi connectivity index (χ1v) is 3.34. The van der Waals surface area contributed by atoms with Crippen molar-refractivity contribution in [1.29, 1.82) is 0 Å². The highest BCUT2D eigenvalue weighted by Crippen LogP contribution is 2.02. The summed E-state index contributed by atoms with van der Waals surface area (Å²) in [7, 11) is 0. The first-order chi connectivity index (χ1) is 4.76. The van der Waals surface area contributed by atoms with E-state index in [2.05, 4.69) is 34.2 Å². The van der Waals surface area contributed by atoms with Crippen LogP contribution in [0.3, 0.4) is 0 Å². The van der Waals surface area contributed by atoms with Gasteiger partial charge in [0.05, 0.1) is 13.2 Å². The van der Waals surface area contributed by atoms with Crippen molar-refractivity contribution in [3.05, 3.63) is 0 Å². The second-order valence-corrected chi connectivity index (χ2v) is 2.16. The van der Waals surface area contributed by atoms with Crippen LogP contribution < -0.4 is 0 Å². The van der Waals surface area contributed by atoms with Gasteiger partial charge in [-0.05, 0) is 25.8 Å². The van der Waals surface area contributed by atoms with E-state index >= 15 is 0 Å². The number of aliphatic hydroxyl groups excluding tert-OH is 2. The Kier molecular flexibility index (Phi) is 6.60. The molecule has 4 nitrogen and oxygen atoms in total. The third-order valence-electron chi connectivity index (χ3n) is 0.990. The molecule has 0 saturated heterocycles. The molecule has 0 aromatic heterocycles. The molecule has 0 aliphatic rings. The van der Waals surface area contributed by atoms with Crippen LogP contribution in [0, 0.1) is 0 Å². The number of hydrogen-bond acceptors (Lipinski definition) is 6. The Morgan fingerprint density at radius 1 is 1.40 bits per heavy atom. The van der Waals surface area contributed by atoms with E-state index in [1.54, 1.807) is 0 Å². The van der Waals surface area contributed by atoms with E-state index in [1.807, 2.05) is 0 Å². The lowest BCUT2D eigenvalue weighted by Crippen LogP contribution is -2.33. The van der Waals surface area contributed by atoms with Gasteiger partial charge in [0.15, 0.2) is 0 Å². The maximum absolute atomic E-state index is 8.91. The summed E-state index contributed by atoms with van der Waals surface area (Å²) in [6, 6.07) is 0. The van der Waals surface area contributed by atoms with Crippen LogP contribution in [0.1, 0.15) is 0 Å². The number of thiol groups is 2. The molecule has 0 aromatic rings. The lowest BCUT2D eigenvalue weighted by atomic mass is 10.2. The molecule has 0 rings (SSSR count). The molecule has 0 aromatic carbocycles. The summed E-state index contributed by atoms with van der Waals surface area (Å²) in [6.45, 7) is -0.309. The van der Waals surface area contributed by atoms with E-state index in [4.69, 9.17) is 10.2 Å². The normalized spacial score (nSPS) is 16.8. The van der Waals surface area contributed by atoms with Crippen LogP contribution in [-0.2, 0) is 8.37 Å². The molecule has 0 bridgehead atoms. The molecule has 0 fully saturated rings. The van der Waals surface area contributed by atoms with E-state index in [9.17, 15) is 0 Å². The zero-order chi connectivity index (χ0) is 7.98. The number of aliphatic hydroxyl groups is 2. The maximum atomic E-state index is 8.91. The van der Waals surface area contributed by atoms with Crippen molar-refractivity contribution < 1.29 is 18.6 Å². The van der Waals surface area contributed by atoms with Gasteiger partial charge in [0, 0.05) is 0 Å². The van der Waals surface area contributed by atoms with Gasteiger partial charge < -0.3 is 18.6 Å². The fourth-order valence-corrected chi connectivity index (χ4v) is 0.751. The van der Waals surface area contributed by atoms with Gasteiger partial charge in [0.25, 0.3) is 0 Å². The summed E-state index contributed by atoms with van der Waals surface area (Å²) >= 11 is 6.90. The topological polar surface area (TPSA) is 58.9 Å². The molecule has 0 aliphatic carbocycles.